The minimum absolute atomic E-state index is 0.0585. The third kappa shape index (κ3) is 4.93. The number of amides is 1. The van der Waals surface area contributed by atoms with Crippen LogP contribution in [0.1, 0.15) is 41.8 Å². The number of carbonyl (C=O) groups excluding carboxylic acids is 1. The minimum atomic E-state index is -4.40. The number of benzene rings is 1. The van der Waals surface area contributed by atoms with Crippen molar-refractivity contribution in [2.75, 3.05) is 26.2 Å². The predicted molar refractivity (Wildman–Crippen MR) is 106 cm³/mol. The van der Waals surface area contributed by atoms with Gasteiger partial charge in [-0.25, -0.2) is 8.42 Å². The molecule has 1 atom stereocenters. The molecule has 31 heavy (non-hydrogen) atoms. The molecule has 7 nitrogen and oxygen atoms in total. The zero-order valence-corrected chi connectivity index (χ0v) is 18.3. The number of piperazine rings is 1. The smallest absolute Gasteiger partial charge is 0.360 e. The van der Waals surface area contributed by atoms with Crippen LogP contribution in [0, 0.1) is 13.8 Å². The Morgan fingerprint density at radius 3 is 2.19 bits per heavy atom. The first kappa shape index (κ1) is 23.3. The van der Waals surface area contributed by atoms with Crippen LogP contribution in [0.25, 0.3) is 0 Å². The molecule has 0 N–H and O–H groups in total. The van der Waals surface area contributed by atoms with Gasteiger partial charge in [0.2, 0.25) is 15.9 Å². The molecule has 1 aliphatic heterocycles. The lowest BCUT2D eigenvalue weighted by atomic mass is 9.96. The highest BCUT2D eigenvalue weighted by Crippen LogP contribution is 2.31. The van der Waals surface area contributed by atoms with Gasteiger partial charge in [0.1, 0.15) is 10.6 Å². The van der Waals surface area contributed by atoms with E-state index in [9.17, 15) is 26.4 Å². The SMILES string of the molecule is Cc1noc(C)c1S(=O)(=O)N1CCN(C(=O)CC(C)c2ccc(C(F)(F)F)cc2)CC1. The van der Waals surface area contributed by atoms with Gasteiger partial charge in [-0.3, -0.25) is 4.79 Å². The van der Waals surface area contributed by atoms with Crippen LogP contribution in [-0.2, 0) is 21.0 Å². The molecule has 1 aromatic heterocycles. The van der Waals surface area contributed by atoms with Crippen molar-refractivity contribution in [1.29, 1.82) is 0 Å². The van der Waals surface area contributed by atoms with E-state index in [-0.39, 0.29) is 55.1 Å². The number of alkyl halides is 3. The second kappa shape index (κ2) is 8.62. The zero-order chi connectivity index (χ0) is 23.0. The number of hydrogen-bond donors (Lipinski definition) is 0. The fourth-order valence-corrected chi connectivity index (χ4v) is 5.37. The monoisotopic (exact) mass is 459 g/mol. The summed E-state index contributed by atoms with van der Waals surface area (Å²) in [6.45, 7) is 5.64. The lowest BCUT2D eigenvalue weighted by Crippen LogP contribution is -2.50. The zero-order valence-electron chi connectivity index (χ0n) is 17.4. The molecule has 1 saturated heterocycles. The summed E-state index contributed by atoms with van der Waals surface area (Å²) in [4.78, 5) is 14.3. The summed E-state index contributed by atoms with van der Waals surface area (Å²) in [6.07, 6.45) is -4.27. The van der Waals surface area contributed by atoms with Gasteiger partial charge in [-0.1, -0.05) is 24.2 Å². The van der Waals surface area contributed by atoms with Crippen LogP contribution in [0.4, 0.5) is 13.2 Å². The Morgan fingerprint density at radius 2 is 1.71 bits per heavy atom. The number of halogens is 3. The third-order valence-electron chi connectivity index (χ3n) is 5.44. The van der Waals surface area contributed by atoms with Gasteiger partial charge >= 0.3 is 6.18 Å². The molecule has 2 heterocycles. The van der Waals surface area contributed by atoms with Crippen LogP contribution in [0.15, 0.2) is 33.7 Å². The number of hydrogen-bond acceptors (Lipinski definition) is 5. The van der Waals surface area contributed by atoms with Crippen molar-refractivity contribution in [2.45, 2.75) is 44.2 Å². The van der Waals surface area contributed by atoms with Crippen molar-refractivity contribution in [3.8, 4) is 0 Å². The molecule has 1 aliphatic rings. The summed E-state index contributed by atoms with van der Waals surface area (Å²) < 4.78 is 70.1. The van der Waals surface area contributed by atoms with Gasteiger partial charge in [-0.15, -0.1) is 0 Å². The maximum Gasteiger partial charge on any atom is 0.416 e. The van der Waals surface area contributed by atoms with E-state index >= 15 is 0 Å². The minimum Gasteiger partial charge on any atom is -0.360 e. The summed E-state index contributed by atoms with van der Waals surface area (Å²) in [6, 6.07) is 4.78. The molecule has 1 amide bonds. The van der Waals surface area contributed by atoms with Gasteiger partial charge in [0.15, 0.2) is 5.76 Å². The van der Waals surface area contributed by atoms with E-state index in [1.165, 1.54) is 23.4 Å². The molecule has 1 unspecified atom stereocenters. The second-order valence-electron chi connectivity index (χ2n) is 7.66. The van der Waals surface area contributed by atoms with E-state index in [0.717, 1.165) is 12.1 Å². The van der Waals surface area contributed by atoms with Gasteiger partial charge in [-0.2, -0.15) is 17.5 Å². The largest absolute Gasteiger partial charge is 0.416 e. The first-order valence-electron chi connectivity index (χ1n) is 9.79. The van der Waals surface area contributed by atoms with Crippen LogP contribution in [0.2, 0.25) is 0 Å². The molecule has 3 rings (SSSR count). The Morgan fingerprint density at radius 1 is 1.13 bits per heavy atom. The summed E-state index contributed by atoms with van der Waals surface area (Å²) in [5.41, 5.74) is 0.202. The van der Waals surface area contributed by atoms with E-state index in [4.69, 9.17) is 4.52 Å². The van der Waals surface area contributed by atoms with Crippen molar-refractivity contribution in [2.24, 2.45) is 0 Å². The van der Waals surface area contributed by atoms with Gasteiger partial charge in [-0.05, 0) is 37.5 Å². The molecule has 0 radical (unpaired) electrons. The fourth-order valence-electron chi connectivity index (χ4n) is 3.66. The standard InChI is InChI=1S/C20H24F3N3O4S/c1-13(16-4-6-17(7-5-16)20(21,22)23)12-18(27)25-8-10-26(11-9-25)31(28,29)19-14(2)24-30-15(19)3/h4-7,13H,8-12H2,1-3H3. The topological polar surface area (TPSA) is 83.7 Å². The van der Waals surface area contributed by atoms with E-state index < -0.39 is 21.8 Å². The average molecular weight is 459 g/mol. The van der Waals surface area contributed by atoms with Crippen LogP contribution >= 0.6 is 0 Å². The Balaban J connectivity index is 1.59. The number of carbonyl (C=O) groups is 1. The first-order valence-corrected chi connectivity index (χ1v) is 11.2. The molecule has 2 aromatic rings. The maximum atomic E-state index is 12.9. The molecular formula is C20H24F3N3O4S. The van der Waals surface area contributed by atoms with Crippen molar-refractivity contribution in [3.63, 3.8) is 0 Å². The van der Waals surface area contributed by atoms with Crippen molar-refractivity contribution in [1.82, 2.24) is 14.4 Å². The Labute approximate surface area is 178 Å². The first-order chi connectivity index (χ1) is 14.4. The Hall–Kier alpha value is -2.40. The molecular weight excluding hydrogens is 435 g/mol. The number of aryl methyl sites for hydroxylation is 2. The maximum absolute atomic E-state index is 12.9. The molecule has 0 saturated carbocycles. The lowest BCUT2D eigenvalue weighted by Gasteiger charge is -2.34. The van der Waals surface area contributed by atoms with Crippen LogP contribution in [0.5, 0.6) is 0 Å². The molecule has 1 aromatic carbocycles. The molecule has 11 heteroatoms. The highest BCUT2D eigenvalue weighted by atomic mass is 32.2. The lowest BCUT2D eigenvalue weighted by molar-refractivity contribution is -0.137. The van der Waals surface area contributed by atoms with E-state index in [2.05, 4.69) is 5.16 Å². The summed E-state index contributed by atoms with van der Waals surface area (Å²) >= 11 is 0. The van der Waals surface area contributed by atoms with Crippen molar-refractivity contribution in [3.05, 3.63) is 46.8 Å². The van der Waals surface area contributed by atoms with E-state index in [1.54, 1.807) is 18.7 Å². The number of aromatic nitrogens is 1. The van der Waals surface area contributed by atoms with E-state index in [1.807, 2.05) is 0 Å². The van der Waals surface area contributed by atoms with Crippen LogP contribution in [-0.4, -0.2) is 54.9 Å². The molecule has 170 valence electrons. The van der Waals surface area contributed by atoms with Gasteiger partial charge < -0.3 is 9.42 Å². The van der Waals surface area contributed by atoms with Gasteiger partial charge in [0.05, 0.1) is 5.56 Å². The highest BCUT2D eigenvalue weighted by molar-refractivity contribution is 7.89. The summed E-state index contributed by atoms with van der Waals surface area (Å²) in [7, 11) is -3.76. The predicted octanol–water partition coefficient (Wildman–Crippen LogP) is 3.34. The number of rotatable bonds is 5. The number of sulfonamides is 1. The Kier molecular flexibility index (Phi) is 6.47. The fraction of sp³-hybridized carbons (Fsp3) is 0.500. The quantitative estimate of drug-likeness (QED) is 0.685. The van der Waals surface area contributed by atoms with Crippen molar-refractivity contribution >= 4 is 15.9 Å². The molecule has 1 fully saturated rings. The summed E-state index contributed by atoms with van der Waals surface area (Å²) in [5, 5.41) is 3.69. The number of nitrogens with zero attached hydrogens (tertiary/aromatic N) is 3. The van der Waals surface area contributed by atoms with Gasteiger partial charge in [0, 0.05) is 32.6 Å². The highest BCUT2D eigenvalue weighted by Gasteiger charge is 2.34. The molecule has 0 aliphatic carbocycles. The molecule has 0 spiro atoms. The summed E-state index contributed by atoms with van der Waals surface area (Å²) in [5.74, 6) is -0.206. The average Bonchev–Trinajstić information content (AvgIpc) is 3.06. The third-order valence-corrected chi connectivity index (χ3v) is 7.59. The van der Waals surface area contributed by atoms with Crippen LogP contribution in [0.3, 0.4) is 0 Å². The van der Waals surface area contributed by atoms with Crippen molar-refractivity contribution < 1.29 is 30.9 Å². The van der Waals surface area contributed by atoms with E-state index in [0.29, 0.717) is 11.3 Å². The van der Waals surface area contributed by atoms with Crippen LogP contribution < -0.4 is 0 Å². The molecule has 0 bridgehead atoms. The second-order valence-corrected chi connectivity index (χ2v) is 9.54. The van der Waals surface area contributed by atoms with Gasteiger partial charge in [0.25, 0.3) is 0 Å². The normalized spacial score (nSPS) is 17.0. The Bertz CT molecular complexity index is 1020.